The molecule has 0 bridgehead atoms. The molecule has 0 saturated carbocycles. The number of carbonyl (C=O) groups is 2. The number of rotatable bonds is 10. The summed E-state index contributed by atoms with van der Waals surface area (Å²) in [5.41, 5.74) is 0. The molecule has 2 N–H and O–H groups in total. The van der Waals surface area contributed by atoms with Crippen LogP contribution in [0.1, 0.15) is 43.4 Å². The van der Waals surface area contributed by atoms with Crippen molar-refractivity contribution in [3.05, 3.63) is 21.3 Å². The lowest BCUT2D eigenvalue weighted by atomic mass is 10.1. The Kier molecular flexibility index (Phi) is 8.30. The third-order valence-electron chi connectivity index (χ3n) is 2.87. The summed E-state index contributed by atoms with van der Waals surface area (Å²) in [4.78, 5) is 23.0. The highest BCUT2D eigenvalue weighted by Crippen LogP contribution is 2.22. The predicted molar refractivity (Wildman–Crippen MR) is 81.4 cm³/mol. The van der Waals surface area contributed by atoms with Crippen LogP contribution >= 0.6 is 22.9 Å². The van der Waals surface area contributed by atoms with E-state index in [9.17, 15) is 9.59 Å². The van der Waals surface area contributed by atoms with E-state index < -0.39 is 5.97 Å². The minimum absolute atomic E-state index is 0.0556. The van der Waals surface area contributed by atoms with Crippen LogP contribution in [-0.2, 0) is 16.0 Å². The largest absolute Gasteiger partial charge is 0.481 e. The standard InChI is InChI=1S/C14H20ClNO3S/c15-12-8-6-11(20-12)7-9-13(17)16-10-4-2-1-3-5-14(18)19/h6,8H,1-5,7,9-10H2,(H,16,17)(H,18,19). The molecule has 1 aromatic rings. The Morgan fingerprint density at radius 3 is 2.55 bits per heavy atom. The van der Waals surface area contributed by atoms with Crippen LogP contribution in [0, 0.1) is 0 Å². The number of aliphatic carboxylic acids is 1. The van der Waals surface area contributed by atoms with Gasteiger partial charge in [0.25, 0.3) is 0 Å². The van der Waals surface area contributed by atoms with Crippen LogP contribution in [0.5, 0.6) is 0 Å². The van der Waals surface area contributed by atoms with Gasteiger partial charge in [-0.3, -0.25) is 9.59 Å². The van der Waals surface area contributed by atoms with Crippen molar-refractivity contribution in [1.82, 2.24) is 5.32 Å². The number of amides is 1. The van der Waals surface area contributed by atoms with Gasteiger partial charge in [0.15, 0.2) is 0 Å². The molecule has 6 heteroatoms. The van der Waals surface area contributed by atoms with Crippen molar-refractivity contribution in [2.75, 3.05) is 6.54 Å². The second kappa shape index (κ2) is 9.77. The molecular formula is C14H20ClNO3S. The summed E-state index contributed by atoms with van der Waals surface area (Å²) in [5.74, 6) is -0.688. The average Bonchev–Trinajstić information content (AvgIpc) is 2.81. The first kappa shape index (κ1) is 17.0. The second-order valence-electron chi connectivity index (χ2n) is 4.61. The van der Waals surface area contributed by atoms with Crippen molar-refractivity contribution >= 4 is 34.8 Å². The van der Waals surface area contributed by atoms with E-state index in [-0.39, 0.29) is 12.3 Å². The van der Waals surface area contributed by atoms with Crippen LogP contribution < -0.4 is 5.32 Å². The van der Waals surface area contributed by atoms with Gasteiger partial charge in [0, 0.05) is 24.3 Å². The number of aryl methyl sites for hydroxylation is 1. The maximum Gasteiger partial charge on any atom is 0.303 e. The maximum absolute atomic E-state index is 11.6. The number of hydrogen-bond acceptors (Lipinski definition) is 3. The fourth-order valence-electron chi connectivity index (χ4n) is 1.79. The number of carbonyl (C=O) groups excluding carboxylic acids is 1. The van der Waals surface area contributed by atoms with Gasteiger partial charge in [-0.15, -0.1) is 11.3 Å². The lowest BCUT2D eigenvalue weighted by Gasteiger charge is -2.04. The SMILES string of the molecule is O=C(O)CCCCCCNC(=O)CCc1ccc(Cl)s1. The van der Waals surface area contributed by atoms with Gasteiger partial charge in [0.2, 0.25) is 5.91 Å². The molecule has 1 rings (SSSR count). The van der Waals surface area contributed by atoms with Crippen LogP contribution in [0.4, 0.5) is 0 Å². The summed E-state index contributed by atoms with van der Waals surface area (Å²) in [6.45, 7) is 0.664. The molecule has 1 aromatic heterocycles. The first-order valence-corrected chi connectivity index (χ1v) is 8.00. The molecule has 4 nitrogen and oxygen atoms in total. The molecule has 0 aromatic carbocycles. The minimum Gasteiger partial charge on any atom is -0.481 e. The second-order valence-corrected chi connectivity index (χ2v) is 6.41. The zero-order chi connectivity index (χ0) is 14.8. The van der Waals surface area contributed by atoms with Gasteiger partial charge < -0.3 is 10.4 Å². The topological polar surface area (TPSA) is 66.4 Å². The Morgan fingerprint density at radius 2 is 1.90 bits per heavy atom. The Morgan fingerprint density at radius 1 is 1.15 bits per heavy atom. The van der Waals surface area contributed by atoms with E-state index in [4.69, 9.17) is 16.7 Å². The van der Waals surface area contributed by atoms with Crippen LogP contribution in [0.3, 0.4) is 0 Å². The number of hydrogen-bond donors (Lipinski definition) is 2. The highest BCUT2D eigenvalue weighted by atomic mass is 35.5. The minimum atomic E-state index is -0.744. The number of nitrogens with one attached hydrogen (secondary N) is 1. The van der Waals surface area contributed by atoms with Crippen molar-refractivity contribution in [2.24, 2.45) is 0 Å². The van der Waals surface area contributed by atoms with Gasteiger partial charge in [-0.25, -0.2) is 0 Å². The summed E-state index contributed by atoms with van der Waals surface area (Å²) < 4.78 is 0.752. The lowest BCUT2D eigenvalue weighted by Crippen LogP contribution is -2.24. The first-order valence-electron chi connectivity index (χ1n) is 6.80. The Labute approximate surface area is 128 Å². The van der Waals surface area contributed by atoms with Gasteiger partial charge in [0.1, 0.15) is 0 Å². The van der Waals surface area contributed by atoms with Crippen LogP contribution in [-0.4, -0.2) is 23.5 Å². The summed E-state index contributed by atoms with van der Waals surface area (Å²) in [6.07, 6.45) is 4.90. The van der Waals surface area contributed by atoms with Crippen molar-refractivity contribution in [2.45, 2.75) is 44.9 Å². The quantitative estimate of drug-likeness (QED) is 0.649. The molecule has 1 heterocycles. The summed E-state index contributed by atoms with van der Waals surface area (Å²) >= 11 is 7.33. The average molecular weight is 318 g/mol. The molecule has 0 unspecified atom stereocenters. The van der Waals surface area contributed by atoms with E-state index >= 15 is 0 Å². The molecule has 1 amide bonds. The highest BCUT2D eigenvalue weighted by molar-refractivity contribution is 7.16. The summed E-state index contributed by atoms with van der Waals surface area (Å²) in [6, 6.07) is 3.79. The fraction of sp³-hybridized carbons (Fsp3) is 0.571. The van der Waals surface area contributed by atoms with Gasteiger partial charge in [-0.2, -0.15) is 0 Å². The summed E-state index contributed by atoms with van der Waals surface area (Å²) in [7, 11) is 0. The smallest absolute Gasteiger partial charge is 0.303 e. The molecule has 20 heavy (non-hydrogen) atoms. The Bertz CT molecular complexity index is 434. The number of halogens is 1. The van der Waals surface area contributed by atoms with Crippen LogP contribution in [0.25, 0.3) is 0 Å². The van der Waals surface area contributed by atoms with Crippen molar-refractivity contribution < 1.29 is 14.7 Å². The number of unbranched alkanes of at least 4 members (excludes halogenated alkanes) is 3. The number of carboxylic acid groups (broad SMARTS) is 1. The molecule has 112 valence electrons. The normalized spacial score (nSPS) is 10.4. The monoisotopic (exact) mass is 317 g/mol. The lowest BCUT2D eigenvalue weighted by molar-refractivity contribution is -0.137. The zero-order valence-corrected chi connectivity index (χ0v) is 12.9. The van der Waals surface area contributed by atoms with Crippen molar-refractivity contribution in [1.29, 1.82) is 0 Å². The van der Waals surface area contributed by atoms with E-state index in [1.807, 2.05) is 12.1 Å². The van der Waals surface area contributed by atoms with E-state index in [0.717, 1.165) is 34.9 Å². The van der Waals surface area contributed by atoms with Crippen molar-refractivity contribution in [3.63, 3.8) is 0 Å². The van der Waals surface area contributed by atoms with E-state index in [1.54, 1.807) is 0 Å². The molecule has 0 aliphatic heterocycles. The fourth-order valence-corrected chi connectivity index (χ4v) is 2.88. The van der Waals surface area contributed by atoms with Crippen molar-refractivity contribution in [3.8, 4) is 0 Å². The van der Waals surface area contributed by atoms with Gasteiger partial charge in [-0.1, -0.05) is 24.4 Å². The van der Waals surface area contributed by atoms with Gasteiger partial charge in [-0.05, 0) is 31.4 Å². The van der Waals surface area contributed by atoms with Gasteiger partial charge >= 0.3 is 5.97 Å². The number of thiophene rings is 1. The predicted octanol–water partition coefficient (Wildman–Crippen LogP) is 3.49. The molecule has 0 spiro atoms. The first-order chi connectivity index (χ1) is 9.58. The summed E-state index contributed by atoms with van der Waals surface area (Å²) in [5, 5.41) is 11.4. The third-order valence-corrected chi connectivity index (χ3v) is 4.16. The Hall–Kier alpha value is -1.07. The molecule has 0 saturated heterocycles. The Balaban J connectivity index is 1.96. The molecule has 0 aliphatic carbocycles. The highest BCUT2D eigenvalue weighted by Gasteiger charge is 2.04. The third kappa shape index (κ3) is 8.17. The molecule has 0 atom stereocenters. The molecule has 0 fully saturated rings. The van der Waals surface area contributed by atoms with Crippen LogP contribution in [0.15, 0.2) is 12.1 Å². The molecule has 0 radical (unpaired) electrons. The molecular weight excluding hydrogens is 298 g/mol. The van der Waals surface area contributed by atoms with E-state index in [0.29, 0.717) is 19.4 Å². The van der Waals surface area contributed by atoms with E-state index in [2.05, 4.69) is 5.32 Å². The van der Waals surface area contributed by atoms with Gasteiger partial charge in [0.05, 0.1) is 4.34 Å². The zero-order valence-electron chi connectivity index (χ0n) is 11.4. The van der Waals surface area contributed by atoms with Crippen LogP contribution in [0.2, 0.25) is 4.34 Å². The molecule has 0 aliphatic rings. The maximum atomic E-state index is 11.6. The number of carboxylic acids is 1. The van der Waals surface area contributed by atoms with E-state index in [1.165, 1.54) is 11.3 Å².